The van der Waals surface area contributed by atoms with Crippen molar-refractivity contribution in [2.24, 2.45) is 17.6 Å². The van der Waals surface area contributed by atoms with E-state index in [-0.39, 0.29) is 17.9 Å². The molecule has 0 saturated carbocycles. The van der Waals surface area contributed by atoms with Crippen molar-refractivity contribution >= 4 is 0 Å². The van der Waals surface area contributed by atoms with Gasteiger partial charge in [0.25, 0.3) is 0 Å². The molecule has 0 bridgehead atoms. The zero-order valence-corrected chi connectivity index (χ0v) is 15.4. The third kappa shape index (κ3) is 7.31. The van der Waals surface area contributed by atoms with Gasteiger partial charge in [0, 0.05) is 11.8 Å². The Balaban J connectivity index is 1.48. The van der Waals surface area contributed by atoms with E-state index in [0.717, 1.165) is 0 Å². The lowest BCUT2D eigenvalue weighted by atomic mass is 10.1. The van der Waals surface area contributed by atoms with Crippen molar-refractivity contribution in [3.63, 3.8) is 0 Å². The van der Waals surface area contributed by atoms with Crippen molar-refractivity contribution in [3.05, 3.63) is 0 Å². The minimum absolute atomic E-state index is 0.145. The molecule has 0 aromatic rings. The van der Waals surface area contributed by atoms with Crippen LogP contribution < -0.4 is 5.73 Å². The molecule has 0 aromatic carbocycles. The van der Waals surface area contributed by atoms with Crippen molar-refractivity contribution in [2.75, 3.05) is 52.9 Å². The summed E-state index contributed by atoms with van der Waals surface area (Å²) < 4.78 is 33.7. The van der Waals surface area contributed by atoms with Gasteiger partial charge in [-0.15, -0.1) is 0 Å². The molecule has 0 aromatic heterocycles. The van der Waals surface area contributed by atoms with Crippen molar-refractivity contribution in [1.29, 1.82) is 0 Å². The van der Waals surface area contributed by atoms with Crippen LogP contribution in [0.4, 0.5) is 0 Å². The number of hydrogen-bond acceptors (Lipinski definition) is 7. The van der Waals surface area contributed by atoms with Crippen LogP contribution in [-0.2, 0) is 28.4 Å². The topological polar surface area (TPSA) is 81.4 Å². The molecule has 0 amide bonds. The zero-order valence-electron chi connectivity index (χ0n) is 15.4. The van der Waals surface area contributed by atoms with Gasteiger partial charge in [0.2, 0.25) is 0 Å². The van der Waals surface area contributed by atoms with Gasteiger partial charge in [-0.25, -0.2) is 0 Å². The molecule has 2 rings (SSSR count). The second-order valence-electron chi connectivity index (χ2n) is 7.61. The predicted molar refractivity (Wildman–Crippen MR) is 88.6 cm³/mol. The van der Waals surface area contributed by atoms with Crippen LogP contribution in [0.2, 0.25) is 0 Å². The average molecular weight is 347 g/mol. The first kappa shape index (κ1) is 20.0. The van der Waals surface area contributed by atoms with Crippen molar-refractivity contribution in [1.82, 2.24) is 0 Å². The summed E-state index contributed by atoms with van der Waals surface area (Å²) in [5, 5.41) is 0. The van der Waals surface area contributed by atoms with Gasteiger partial charge in [-0.05, 0) is 27.7 Å². The standard InChI is InChI=1S/C17H33NO6/c1-16(2)21-7-13(8-22-16)5-19-11-15(18)12-20-6-14-9-23-17(3,4)24-10-14/h13-15H,5-12,18H2,1-4H3. The summed E-state index contributed by atoms with van der Waals surface area (Å²) in [5.74, 6) is -0.456. The van der Waals surface area contributed by atoms with Gasteiger partial charge in [0.05, 0.1) is 58.9 Å². The molecule has 0 unspecified atom stereocenters. The third-order valence-corrected chi connectivity index (χ3v) is 4.04. The van der Waals surface area contributed by atoms with Crippen LogP contribution in [0.5, 0.6) is 0 Å². The van der Waals surface area contributed by atoms with E-state index in [1.54, 1.807) is 0 Å². The van der Waals surface area contributed by atoms with E-state index >= 15 is 0 Å². The van der Waals surface area contributed by atoms with Crippen molar-refractivity contribution in [3.8, 4) is 0 Å². The van der Waals surface area contributed by atoms with Gasteiger partial charge in [-0.3, -0.25) is 0 Å². The van der Waals surface area contributed by atoms with Gasteiger partial charge in [-0.2, -0.15) is 0 Å². The average Bonchev–Trinajstić information content (AvgIpc) is 2.51. The summed E-state index contributed by atoms with van der Waals surface area (Å²) in [5.41, 5.74) is 6.02. The fraction of sp³-hybridized carbons (Fsp3) is 1.00. The molecule has 0 radical (unpaired) electrons. The Hall–Kier alpha value is -0.280. The molecule has 24 heavy (non-hydrogen) atoms. The lowest BCUT2D eigenvalue weighted by Crippen LogP contribution is -2.42. The quantitative estimate of drug-likeness (QED) is 0.705. The van der Waals surface area contributed by atoms with E-state index in [0.29, 0.717) is 52.9 Å². The molecule has 2 aliphatic heterocycles. The fourth-order valence-corrected chi connectivity index (χ4v) is 2.47. The predicted octanol–water partition coefficient (Wildman–Crippen LogP) is 1.15. The Labute approximate surface area is 145 Å². The summed E-state index contributed by atoms with van der Waals surface area (Å²) in [4.78, 5) is 0. The number of ether oxygens (including phenoxy) is 6. The maximum absolute atomic E-state index is 6.02. The lowest BCUT2D eigenvalue weighted by Gasteiger charge is -2.35. The molecule has 2 fully saturated rings. The minimum Gasteiger partial charge on any atom is -0.379 e. The third-order valence-electron chi connectivity index (χ3n) is 4.04. The second-order valence-corrected chi connectivity index (χ2v) is 7.61. The maximum atomic E-state index is 6.02. The summed E-state index contributed by atoms with van der Waals surface area (Å²) in [6.45, 7) is 12.4. The molecular formula is C17H33NO6. The van der Waals surface area contributed by atoms with E-state index < -0.39 is 11.6 Å². The van der Waals surface area contributed by atoms with E-state index in [2.05, 4.69) is 0 Å². The summed E-state index contributed by atoms with van der Waals surface area (Å²) >= 11 is 0. The highest BCUT2D eigenvalue weighted by Crippen LogP contribution is 2.21. The zero-order chi connectivity index (χ0) is 17.6. The minimum atomic E-state index is -0.484. The largest absolute Gasteiger partial charge is 0.379 e. The van der Waals surface area contributed by atoms with E-state index in [9.17, 15) is 0 Å². The van der Waals surface area contributed by atoms with Crippen LogP contribution in [0.25, 0.3) is 0 Å². The number of rotatable bonds is 8. The van der Waals surface area contributed by atoms with Gasteiger partial charge in [0.15, 0.2) is 11.6 Å². The molecule has 2 saturated heterocycles. The van der Waals surface area contributed by atoms with Crippen LogP contribution in [0.3, 0.4) is 0 Å². The molecule has 2 N–H and O–H groups in total. The molecule has 7 heteroatoms. The monoisotopic (exact) mass is 347 g/mol. The highest BCUT2D eigenvalue weighted by atomic mass is 16.7. The van der Waals surface area contributed by atoms with Crippen LogP contribution in [0.15, 0.2) is 0 Å². The Bertz CT molecular complexity index is 322. The van der Waals surface area contributed by atoms with Crippen LogP contribution in [0, 0.1) is 11.8 Å². The van der Waals surface area contributed by atoms with E-state index in [4.69, 9.17) is 34.2 Å². The van der Waals surface area contributed by atoms with Crippen LogP contribution >= 0.6 is 0 Å². The van der Waals surface area contributed by atoms with Crippen LogP contribution in [-0.4, -0.2) is 70.5 Å². The lowest BCUT2D eigenvalue weighted by molar-refractivity contribution is -0.267. The van der Waals surface area contributed by atoms with Gasteiger partial charge in [-0.1, -0.05) is 0 Å². The first-order chi connectivity index (χ1) is 11.3. The van der Waals surface area contributed by atoms with Gasteiger partial charge >= 0.3 is 0 Å². The Morgan fingerprint density at radius 1 is 0.792 bits per heavy atom. The SMILES string of the molecule is CC1(C)OCC(COCC(N)COCC2COC(C)(C)OC2)CO1. The first-order valence-electron chi connectivity index (χ1n) is 8.73. The van der Waals surface area contributed by atoms with E-state index in [1.807, 2.05) is 27.7 Å². The second kappa shape index (κ2) is 8.89. The smallest absolute Gasteiger partial charge is 0.162 e. The molecule has 7 nitrogen and oxygen atoms in total. The van der Waals surface area contributed by atoms with E-state index in [1.165, 1.54) is 0 Å². The molecule has 0 atom stereocenters. The molecule has 142 valence electrons. The Morgan fingerprint density at radius 3 is 1.46 bits per heavy atom. The van der Waals surface area contributed by atoms with Gasteiger partial charge < -0.3 is 34.2 Å². The Kier molecular flexibility index (Phi) is 7.42. The number of hydrogen-bond donors (Lipinski definition) is 1. The summed E-state index contributed by atoms with van der Waals surface area (Å²) in [7, 11) is 0. The van der Waals surface area contributed by atoms with Crippen molar-refractivity contribution in [2.45, 2.75) is 45.3 Å². The first-order valence-corrected chi connectivity index (χ1v) is 8.73. The molecule has 2 aliphatic rings. The molecule has 2 heterocycles. The number of nitrogens with two attached hydrogens (primary N) is 1. The van der Waals surface area contributed by atoms with Gasteiger partial charge in [0.1, 0.15) is 0 Å². The summed E-state index contributed by atoms with van der Waals surface area (Å²) in [6, 6.07) is -0.145. The van der Waals surface area contributed by atoms with Crippen LogP contribution in [0.1, 0.15) is 27.7 Å². The molecule has 0 aliphatic carbocycles. The molecular weight excluding hydrogens is 314 g/mol. The Morgan fingerprint density at radius 2 is 1.12 bits per heavy atom. The van der Waals surface area contributed by atoms with Crippen molar-refractivity contribution < 1.29 is 28.4 Å². The molecule has 0 spiro atoms. The maximum Gasteiger partial charge on any atom is 0.162 e. The highest BCUT2D eigenvalue weighted by molar-refractivity contribution is 4.69. The summed E-state index contributed by atoms with van der Waals surface area (Å²) in [6.07, 6.45) is 0. The normalized spacial score (nSPS) is 25.2. The highest BCUT2D eigenvalue weighted by Gasteiger charge is 2.29. The fourth-order valence-electron chi connectivity index (χ4n) is 2.47.